The van der Waals surface area contributed by atoms with Crippen LogP contribution in [0.25, 0.3) is 0 Å². The van der Waals surface area contributed by atoms with E-state index in [4.69, 9.17) is 9.84 Å². The minimum Gasteiger partial charge on any atom is -0.396 e. The van der Waals surface area contributed by atoms with Crippen LogP contribution in [0.5, 0.6) is 0 Å². The van der Waals surface area contributed by atoms with Gasteiger partial charge in [0, 0.05) is 19.1 Å². The molecule has 0 aromatic rings. The molecule has 0 saturated heterocycles. The number of hydrogen-bond acceptors (Lipinski definition) is 2. The predicted octanol–water partition coefficient (Wildman–Crippen LogP) is 6.50. The molecular weight excluding hydrogens is 284 g/mol. The maximum Gasteiger partial charge on any atom is 0.0516 e. The Morgan fingerprint density at radius 2 is 1.09 bits per heavy atom. The number of unbranched alkanes of at least 4 members (excludes halogenated alkanes) is 13. The molecule has 2 nitrogen and oxygen atoms in total. The molecule has 0 aromatic carbocycles. The first-order valence-electron chi connectivity index (χ1n) is 10.5. The molecule has 0 spiro atoms. The van der Waals surface area contributed by atoms with Crippen molar-refractivity contribution in [2.75, 3.05) is 19.8 Å². The smallest absolute Gasteiger partial charge is 0.0516 e. The van der Waals surface area contributed by atoms with Crippen molar-refractivity contribution in [1.82, 2.24) is 0 Å². The van der Waals surface area contributed by atoms with E-state index in [1.165, 1.54) is 89.9 Å². The predicted molar refractivity (Wildman–Crippen MR) is 102 cm³/mol. The Balaban J connectivity index is 3.02. The molecule has 23 heavy (non-hydrogen) atoms. The van der Waals surface area contributed by atoms with Gasteiger partial charge in [-0.1, -0.05) is 97.3 Å². The first kappa shape index (κ1) is 22.9. The molecule has 0 rings (SSSR count). The maximum atomic E-state index is 9.07. The third-order valence-electron chi connectivity index (χ3n) is 4.83. The number of aliphatic hydroxyl groups excluding tert-OH is 1. The van der Waals surface area contributed by atoms with Crippen LogP contribution in [-0.4, -0.2) is 24.9 Å². The second-order valence-electron chi connectivity index (χ2n) is 7.13. The summed E-state index contributed by atoms with van der Waals surface area (Å²) >= 11 is 0. The Bertz CT molecular complexity index is 202. The van der Waals surface area contributed by atoms with Crippen LogP contribution in [0.15, 0.2) is 0 Å². The van der Waals surface area contributed by atoms with E-state index in [1.807, 2.05) is 0 Å². The fourth-order valence-corrected chi connectivity index (χ4v) is 2.95. The highest BCUT2D eigenvalue weighted by Crippen LogP contribution is 2.13. The molecule has 1 atom stereocenters. The highest BCUT2D eigenvalue weighted by Gasteiger charge is 2.03. The van der Waals surface area contributed by atoms with E-state index in [9.17, 15) is 0 Å². The van der Waals surface area contributed by atoms with E-state index in [-0.39, 0.29) is 6.61 Å². The van der Waals surface area contributed by atoms with Crippen LogP contribution in [0.1, 0.15) is 110 Å². The molecule has 0 amide bonds. The van der Waals surface area contributed by atoms with E-state index in [1.54, 1.807) is 0 Å². The summed E-state index contributed by atoms with van der Waals surface area (Å²) in [7, 11) is 0. The minimum absolute atomic E-state index is 0.259. The summed E-state index contributed by atoms with van der Waals surface area (Å²) in [6.07, 6.45) is 20.6. The number of rotatable bonds is 19. The molecule has 0 aromatic heterocycles. The van der Waals surface area contributed by atoms with Crippen LogP contribution in [-0.2, 0) is 4.74 Å². The zero-order valence-electron chi connectivity index (χ0n) is 16.2. The SMILES string of the molecule is CCCCCCCCCCCCCCCCOC[C@H](CC)CO. The van der Waals surface area contributed by atoms with E-state index in [2.05, 4.69) is 13.8 Å². The Kier molecular flexibility index (Phi) is 19.9. The molecule has 0 bridgehead atoms. The van der Waals surface area contributed by atoms with Crippen LogP contribution >= 0.6 is 0 Å². The Morgan fingerprint density at radius 3 is 1.48 bits per heavy atom. The van der Waals surface area contributed by atoms with Crippen LogP contribution in [0, 0.1) is 5.92 Å². The zero-order valence-corrected chi connectivity index (χ0v) is 16.2. The first-order valence-corrected chi connectivity index (χ1v) is 10.5. The van der Waals surface area contributed by atoms with E-state index >= 15 is 0 Å². The van der Waals surface area contributed by atoms with E-state index in [0.29, 0.717) is 5.92 Å². The van der Waals surface area contributed by atoms with Gasteiger partial charge in [-0.2, -0.15) is 0 Å². The quantitative estimate of drug-likeness (QED) is 0.274. The van der Waals surface area contributed by atoms with Crippen molar-refractivity contribution in [1.29, 1.82) is 0 Å². The molecule has 1 N–H and O–H groups in total. The van der Waals surface area contributed by atoms with E-state index in [0.717, 1.165) is 19.6 Å². The number of ether oxygens (including phenoxy) is 1. The summed E-state index contributed by atoms with van der Waals surface area (Å²) in [6, 6.07) is 0. The molecule has 0 aliphatic carbocycles. The minimum atomic E-state index is 0.259. The molecule has 2 heteroatoms. The highest BCUT2D eigenvalue weighted by atomic mass is 16.5. The summed E-state index contributed by atoms with van der Waals surface area (Å²) in [6.45, 7) is 6.25. The van der Waals surface area contributed by atoms with Crippen LogP contribution in [0.3, 0.4) is 0 Å². The van der Waals surface area contributed by atoms with Crippen molar-refractivity contribution in [3.8, 4) is 0 Å². The van der Waals surface area contributed by atoms with Gasteiger partial charge in [-0.15, -0.1) is 0 Å². The van der Waals surface area contributed by atoms with Gasteiger partial charge in [0.05, 0.1) is 6.61 Å². The van der Waals surface area contributed by atoms with Gasteiger partial charge in [0.15, 0.2) is 0 Å². The Labute approximate surface area is 146 Å². The van der Waals surface area contributed by atoms with Gasteiger partial charge in [-0.3, -0.25) is 0 Å². The second-order valence-corrected chi connectivity index (χ2v) is 7.13. The van der Waals surface area contributed by atoms with Gasteiger partial charge in [0.25, 0.3) is 0 Å². The van der Waals surface area contributed by atoms with Crippen molar-refractivity contribution in [3.63, 3.8) is 0 Å². The molecule has 140 valence electrons. The van der Waals surface area contributed by atoms with Gasteiger partial charge in [-0.05, 0) is 12.8 Å². The lowest BCUT2D eigenvalue weighted by atomic mass is 10.0. The van der Waals surface area contributed by atoms with Crippen molar-refractivity contribution in [3.05, 3.63) is 0 Å². The van der Waals surface area contributed by atoms with Gasteiger partial charge >= 0.3 is 0 Å². The van der Waals surface area contributed by atoms with Gasteiger partial charge in [0.1, 0.15) is 0 Å². The van der Waals surface area contributed by atoms with Crippen molar-refractivity contribution in [2.24, 2.45) is 5.92 Å². The molecular formula is C21H44O2. The van der Waals surface area contributed by atoms with Crippen molar-refractivity contribution >= 4 is 0 Å². The molecule has 0 fully saturated rings. The zero-order chi connectivity index (χ0) is 17.0. The molecule has 0 saturated carbocycles. The van der Waals surface area contributed by atoms with Crippen molar-refractivity contribution < 1.29 is 9.84 Å². The number of aliphatic hydroxyl groups is 1. The summed E-state index contributed by atoms with van der Waals surface area (Å²) in [5.74, 6) is 0.335. The first-order chi connectivity index (χ1) is 11.3. The average molecular weight is 329 g/mol. The third kappa shape index (κ3) is 18.1. The summed E-state index contributed by atoms with van der Waals surface area (Å²) in [4.78, 5) is 0. The lowest BCUT2D eigenvalue weighted by Gasteiger charge is -2.11. The Hall–Kier alpha value is -0.0800. The van der Waals surface area contributed by atoms with Gasteiger partial charge in [0.2, 0.25) is 0 Å². The van der Waals surface area contributed by atoms with Gasteiger partial charge < -0.3 is 9.84 Å². The lowest BCUT2D eigenvalue weighted by molar-refractivity contribution is 0.0691. The lowest BCUT2D eigenvalue weighted by Crippen LogP contribution is -2.13. The molecule has 0 radical (unpaired) electrons. The standard InChI is InChI=1S/C21H44O2/c1-3-5-6-7-8-9-10-11-12-13-14-15-16-17-18-23-20-21(4-2)19-22/h21-22H,3-20H2,1-2H3/t21-/m1/s1. The topological polar surface area (TPSA) is 29.5 Å². The molecule has 0 heterocycles. The Morgan fingerprint density at radius 1 is 0.652 bits per heavy atom. The van der Waals surface area contributed by atoms with Crippen LogP contribution in [0.4, 0.5) is 0 Å². The molecule has 0 aliphatic rings. The average Bonchev–Trinajstić information content (AvgIpc) is 2.58. The monoisotopic (exact) mass is 328 g/mol. The normalized spacial score (nSPS) is 12.7. The fourth-order valence-electron chi connectivity index (χ4n) is 2.95. The second kappa shape index (κ2) is 20.0. The van der Waals surface area contributed by atoms with Crippen LogP contribution in [0.2, 0.25) is 0 Å². The van der Waals surface area contributed by atoms with Crippen LogP contribution < -0.4 is 0 Å². The third-order valence-corrected chi connectivity index (χ3v) is 4.83. The number of hydrogen-bond donors (Lipinski definition) is 1. The summed E-state index contributed by atoms with van der Waals surface area (Å²) < 4.78 is 5.62. The largest absolute Gasteiger partial charge is 0.396 e. The molecule has 0 unspecified atom stereocenters. The van der Waals surface area contributed by atoms with Gasteiger partial charge in [-0.25, -0.2) is 0 Å². The molecule has 0 aliphatic heterocycles. The highest BCUT2D eigenvalue weighted by molar-refractivity contribution is 4.53. The maximum absolute atomic E-state index is 9.07. The fraction of sp³-hybridized carbons (Fsp3) is 1.00. The summed E-state index contributed by atoms with van der Waals surface area (Å²) in [5.41, 5.74) is 0. The van der Waals surface area contributed by atoms with E-state index < -0.39 is 0 Å². The van der Waals surface area contributed by atoms with Crippen molar-refractivity contribution in [2.45, 2.75) is 110 Å². The summed E-state index contributed by atoms with van der Waals surface area (Å²) in [5, 5.41) is 9.07.